The molecule has 1 aliphatic rings. The molecule has 0 radical (unpaired) electrons. The molecular weight excluding hydrogens is 248 g/mol. The van der Waals surface area contributed by atoms with Crippen LogP contribution in [-0.2, 0) is 11.3 Å². The van der Waals surface area contributed by atoms with E-state index in [1.807, 2.05) is 72.0 Å². The first-order chi connectivity index (χ1) is 9.92. The largest absolute Gasteiger partial charge is 0.487 e. The van der Waals surface area contributed by atoms with E-state index in [9.17, 15) is 0 Å². The number of nitrogens with one attached hydrogen (secondary N) is 1. The smallest absolute Gasteiger partial charge is 0.139 e. The number of allylic oxidation sites excluding steroid dienone is 1. The van der Waals surface area contributed by atoms with E-state index in [0.29, 0.717) is 6.61 Å². The second-order valence-corrected chi connectivity index (χ2v) is 4.47. The lowest BCUT2D eigenvalue weighted by molar-refractivity contribution is 0.208. The number of hydrazine groups is 1. The summed E-state index contributed by atoms with van der Waals surface area (Å²) in [4.78, 5) is 0. The number of hydrogen-bond acceptors (Lipinski definition) is 3. The molecule has 100 valence electrons. The molecule has 20 heavy (non-hydrogen) atoms. The molecule has 0 saturated heterocycles. The Hall–Kier alpha value is -2.68. The number of benzene rings is 2. The molecule has 1 heterocycles. The molecule has 0 unspecified atom stereocenters. The Morgan fingerprint density at radius 3 is 2.35 bits per heavy atom. The summed E-state index contributed by atoms with van der Waals surface area (Å²) < 4.78 is 5.81. The van der Waals surface area contributed by atoms with Crippen LogP contribution in [0.1, 0.15) is 5.56 Å². The molecule has 3 nitrogen and oxygen atoms in total. The number of rotatable bonds is 4. The van der Waals surface area contributed by atoms with Crippen molar-refractivity contribution in [2.24, 2.45) is 0 Å². The zero-order valence-electron chi connectivity index (χ0n) is 11.1. The molecule has 3 rings (SSSR count). The monoisotopic (exact) mass is 264 g/mol. The van der Waals surface area contributed by atoms with Crippen LogP contribution in [0, 0.1) is 0 Å². The van der Waals surface area contributed by atoms with Crippen molar-refractivity contribution in [3.8, 4) is 0 Å². The van der Waals surface area contributed by atoms with E-state index in [-0.39, 0.29) is 0 Å². The fraction of sp³-hybridized carbons (Fsp3) is 0.0588. The predicted octanol–water partition coefficient (Wildman–Crippen LogP) is 3.58. The van der Waals surface area contributed by atoms with Crippen molar-refractivity contribution < 1.29 is 4.74 Å². The minimum Gasteiger partial charge on any atom is -0.487 e. The van der Waals surface area contributed by atoms with Crippen molar-refractivity contribution in [3.05, 3.63) is 90.5 Å². The van der Waals surface area contributed by atoms with E-state index in [1.165, 1.54) is 0 Å². The lowest BCUT2D eigenvalue weighted by Gasteiger charge is -2.24. The van der Waals surface area contributed by atoms with Gasteiger partial charge in [-0.2, -0.15) is 0 Å². The van der Waals surface area contributed by atoms with Crippen LogP contribution in [0.25, 0.3) is 0 Å². The second-order valence-electron chi connectivity index (χ2n) is 4.47. The average molecular weight is 264 g/mol. The summed E-state index contributed by atoms with van der Waals surface area (Å²) in [5, 5.41) is 1.93. The summed E-state index contributed by atoms with van der Waals surface area (Å²) in [6, 6.07) is 20.2. The SMILES string of the molecule is C1=CC(OCc2ccccc2)=CN(c2ccccc2)N1. The molecule has 0 saturated carbocycles. The summed E-state index contributed by atoms with van der Waals surface area (Å²) in [5.41, 5.74) is 5.39. The maximum Gasteiger partial charge on any atom is 0.139 e. The highest BCUT2D eigenvalue weighted by Crippen LogP contribution is 2.17. The molecule has 0 aliphatic carbocycles. The molecule has 0 atom stereocenters. The molecule has 1 N–H and O–H groups in total. The fourth-order valence-electron chi connectivity index (χ4n) is 1.97. The first kappa shape index (κ1) is 12.4. The summed E-state index contributed by atoms with van der Waals surface area (Å²) in [7, 11) is 0. The molecular formula is C17H16N2O. The third-order valence-electron chi connectivity index (χ3n) is 3.00. The molecule has 0 spiro atoms. The van der Waals surface area contributed by atoms with E-state index in [0.717, 1.165) is 17.0 Å². The third kappa shape index (κ3) is 3.01. The van der Waals surface area contributed by atoms with Crippen LogP contribution >= 0.6 is 0 Å². The summed E-state index contributed by atoms with van der Waals surface area (Å²) in [5.74, 6) is 0.830. The minimum absolute atomic E-state index is 0.569. The highest BCUT2D eigenvalue weighted by molar-refractivity contribution is 5.49. The Labute approximate surface area is 118 Å². The van der Waals surface area contributed by atoms with Crippen LogP contribution < -0.4 is 10.4 Å². The van der Waals surface area contributed by atoms with Crippen LogP contribution in [0.4, 0.5) is 5.69 Å². The zero-order valence-corrected chi connectivity index (χ0v) is 11.1. The summed E-state index contributed by atoms with van der Waals surface area (Å²) in [6.07, 6.45) is 5.73. The van der Waals surface area contributed by atoms with Crippen LogP contribution in [-0.4, -0.2) is 0 Å². The summed E-state index contributed by atoms with van der Waals surface area (Å²) in [6.45, 7) is 0.569. The van der Waals surface area contributed by atoms with Crippen LogP contribution in [0.15, 0.2) is 84.9 Å². The maximum atomic E-state index is 5.81. The molecule has 2 aromatic rings. The highest BCUT2D eigenvalue weighted by Gasteiger charge is 2.07. The second kappa shape index (κ2) is 5.97. The van der Waals surface area contributed by atoms with Gasteiger partial charge >= 0.3 is 0 Å². The van der Waals surface area contributed by atoms with E-state index in [1.54, 1.807) is 0 Å². The molecule has 0 fully saturated rings. The van der Waals surface area contributed by atoms with Gasteiger partial charge in [-0.3, -0.25) is 5.01 Å². The Morgan fingerprint density at radius 1 is 0.900 bits per heavy atom. The Kier molecular flexibility index (Phi) is 3.69. The van der Waals surface area contributed by atoms with Gasteiger partial charge in [0.15, 0.2) is 0 Å². The molecule has 2 aromatic carbocycles. The molecule has 3 heteroatoms. The van der Waals surface area contributed by atoms with Gasteiger partial charge < -0.3 is 10.2 Å². The van der Waals surface area contributed by atoms with Crippen molar-refractivity contribution in [1.29, 1.82) is 0 Å². The Bertz CT molecular complexity index is 605. The Balaban J connectivity index is 1.67. The van der Waals surface area contributed by atoms with Gasteiger partial charge in [0.05, 0.1) is 11.9 Å². The topological polar surface area (TPSA) is 24.5 Å². The van der Waals surface area contributed by atoms with Gasteiger partial charge in [0, 0.05) is 6.20 Å². The maximum absolute atomic E-state index is 5.81. The van der Waals surface area contributed by atoms with Crippen molar-refractivity contribution in [3.63, 3.8) is 0 Å². The number of hydrogen-bond donors (Lipinski definition) is 1. The van der Waals surface area contributed by atoms with Gasteiger partial charge in [0.1, 0.15) is 12.4 Å². The lowest BCUT2D eigenvalue weighted by Crippen LogP contribution is -2.31. The van der Waals surface area contributed by atoms with Gasteiger partial charge in [0.2, 0.25) is 0 Å². The van der Waals surface area contributed by atoms with E-state index >= 15 is 0 Å². The number of anilines is 1. The minimum atomic E-state index is 0.569. The normalized spacial score (nSPS) is 13.6. The van der Waals surface area contributed by atoms with Crippen molar-refractivity contribution >= 4 is 5.69 Å². The van der Waals surface area contributed by atoms with E-state index in [2.05, 4.69) is 17.6 Å². The third-order valence-corrected chi connectivity index (χ3v) is 3.00. The summed E-state index contributed by atoms with van der Waals surface area (Å²) >= 11 is 0. The quantitative estimate of drug-likeness (QED) is 0.913. The molecule has 0 bridgehead atoms. The van der Waals surface area contributed by atoms with Crippen molar-refractivity contribution in [2.45, 2.75) is 6.61 Å². The van der Waals surface area contributed by atoms with Crippen LogP contribution in [0.2, 0.25) is 0 Å². The molecule has 0 aromatic heterocycles. The van der Waals surface area contributed by atoms with Gasteiger partial charge in [-0.25, -0.2) is 0 Å². The van der Waals surface area contributed by atoms with Gasteiger partial charge in [-0.05, 0) is 23.8 Å². The van der Waals surface area contributed by atoms with Gasteiger partial charge in [0.25, 0.3) is 0 Å². The fourth-order valence-corrected chi connectivity index (χ4v) is 1.97. The van der Waals surface area contributed by atoms with Crippen molar-refractivity contribution in [1.82, 2.24) is 5.43 Å². The van der Waals surface area contributed by atoms with Crippen LogP contribution in [0.5, 0.6) is 0 Å². The lowest BCUT2D eigenvalue weighted by atomic mass is 10.2. The number of para-hydroxylation sites is 1. The average Bonchev–Trinajstić information content (AvgIpc) is 2.55. The zero-order chi connectivity index (χ0) is 13.6. The van der Waals surface area contributed by atoms with E-state index < -0.39 is 0 Å². The Morgan fingerprint density at radius 2 is 1.60 bits per heavy atom. The molecule has 1 aliphatic heterocycles. The van der Waals surface area contributed by atoms with Gasteiger partial charge in [-0.1, -0.05) is 48.5 Å². The first-order valence-electron chi connectivity index (χ1n) is 6.57. The van der Waals surface area contributed by atoms with Crippen LogP contribution in [0.3, 0.4) is 0 Å². The molecule has 0 amide bonds. The number of ether oxygens (including phenoxy) is 1. The standard InChI is InChI=1S/C17H16N2O/c1-3-7-15(8-4-1)14-20-17-11-12-18-19(13-17)16-9-5-2-6-10-16/h1-13,18H,14H2. The van der Waals surface area contributed by atoms with E-state index in [4.69, 9.17) is 4.74 Å². The number of nitrogens with zero attached hydrogens (tertiary/aromatic N) is 1. The van der Waals surface area contributed by atoms with Gasteiger partial charge in [-0.15, -0.1) is 0 Å². The predicted molar refractivity (Wildman–Crippen MR) is 80.5 cm³/mol. The first-order valence-corrected chi connectivity index (χ1v) is 6.57. The highest BCUT2D eigenvalue weighted by atomic mass is 16.5. The van der Waals surface area contributed by atoms with Crippen molar-refractivity contribution in [2.75, 3.05) is 5.01 Å².